The van der Waals surface area contributed by atoms with Crippen molar-refractivity contribution in [3.8, 4) is 11.8 Å². The minimum Gasteiger partial charge on any atom is -0.106 e. The Bertz CT molecular complexity index is 143. The van der Waals surface area contributed by atoms with E-state index in [-0.39, 0.29) is 0 Å². The average Bonchev–Trinajstić information content (AvgIpc) is 1.89. The minimum atomic E-state index is 0.427. The molecule has 0 spiro atoms. The summed E-state index contributed by atoms with van der Waals surface area (Å²) in [5, 5.41) is 0. The molecule has 0 fully saturated rings. The molecule has 0 bridgehead atoms. The van der Waals surface area contributed by atoms with Crippen LogP contribution in [0.25, 0.3) is 0 Å². The van der Waals surface area contributed by atoms with Crippen LogP contribution >= 0.6 is 0 Å². The van der Waals surface area contributed by atoms with Crippen LogP contribution in [0.3, 0.4) is 0 Å². The van der Waals surface area contributed by atoms with Crippen LogP contribution in [0.5, 0.6) is 0 Å². The summed E-state index contributed by atoms with van der Waals surface area (Å²) in [4.78, 5) is 0. The number of unbranched alkanes of at least 4 members (excludes halogenated alkanes) is 1. The molecule has 0 aromatic heterocycles. The average molecular weight is 136 g/mol. The summed E-state index contributed by atoms with van der Waals surface area (Å²) in [5.41, 5.74) is 0. The van der Waals surface area contributed by atoms with Crippen LogP contribution in [0.2, 0.25) is 0 Å². The second-order valence-corrected chi connectivity index (χ2v) is 2.40. The molecular formula is C10H16. The van der Waals surface area contributed by atoms with Gasteiger partial charge < -0.3 is 0 Å². The fourth-order valence-corrected chi connectivity index (χ4v) is 0.743. The summed E-state index contributed by atoms with van der Waals surface area (Å²) in [7, 11) is 0. The number of rotatable bonds is 3. The van der Waals surface area contributed by atoms with Gasteiger partial charge in [-0.2, -0.15) is 0 Å². The Labute approximate surface area is 64.3 Å². The monoisotopic (exact) mass is 136 g/mol. The lowest BCUT2D eigenvalue weighted by atomic mass is 10.1. The normalized spacial score (nSPS) is 12.7. The highest BCUT2D eigenvalue weighted by Crippen LogP contribution is 1.97. The van der Waals surface area contributed by atoms with Gasteiger partial charge in [0.15, 0.2) is 0 Å². The van der Waals surface area contributed by atoms with Crippen molar-refractivity contribution in [1.29, 1.82) is 0 Å². The molecule has 1 unspecified atom stereocenters. The van der Waals surface area contributed by atoms with Gasteiger partial charge in [-0.15, -0.1) is 5.92 Å². The first-order chi connectivity index (χ1) is 4.81. The first-order valence-electron chi connectivity index (χ1n) is 3.90. The van der Waals surface area contributed by atoms with E-state index in [1.54, 1.807) is 0 Å². The molecule has 0 radical (unpaired) electrons. The van der Waals surface area contributed by atoms with E-state index in [1.807, 2.05) is 6.92 Å². The molecule has 0 aliphatic carbocycles. The standard InChI is InChI=1S/C10H16/c1-4-6-7-9-10(3)8-5-2/h7,9-10H,4,6H2,1-3H3. The van der Waals surface area contributed by atoms with Crippen molar-refractivity contribution >= 4 is 0 Å². The van der Waals surface area contributed by atoms with Crippen molar-refractivity contribution in [2.45, 2.75) is 33.6 Å². The maximum atomic E-state index is 3.07. The summed E-state index contributed by atoms with van der Waals surface area (Å²) in [6, 6.07) is 0. The Morgan fingerprint density at radius 1 is 1.50 bits per heavy atom. The minimum absolute atomic E-state index is 0.427. The molecule has 56 valence electrons. The molecule has 10 heavy (non-hydrogen) atoms. The van der Waals surface area contributed by atoms with E-state index in [1.165, 1.54) is 12.8 Å². The van der Waals surface area contributed by atoms with Gasteiger partial charge in [-0.3, -0.25) is 0 Å². The molecule has 0 saturated carbocycles. The smallest absolute Gasteiger partial charge is 0.0354 e. The summed E-state index contributed by atoms with van der Waals surface area (Å²) in [6.07, 6.45) is 6.77. The van der Waals surface area contributed by atoms with E-state index >= 15 is 0 Å². The Balaban J connectivity index is 3.52. The molecule has 0 aromatic carbocycles. The highest BCUT2D eigenvalue weighted by molar-refractivity contribution is 5.07. The van der Waals surface area contributed by atoms with Gasteiger partial charge in [0.2, 0.25) is 0 Å². The molecule has 0 aliphatic rings. The van der Waals surface area contributed by atoms with Crippen molar-refractivity contribution in [3.05, 3.63) is 12.2 Å². The largest absolute Gasteiger partial charge is 0.106 e. The van der Waals surface area contributed by atoms with Crippen LogP contribution in [-0.4, -0.2) is 0 Å². The summed E-state index contributed by atoms with van der Waals surface area (Å²) in [6.45, 7) is 6.17. The van der Waals surface area contributed by atoms with Gasteiger partial charge >= 0.3 is 0 Å². The van der Waals surface area contributed by atoms with Gasteiger partial charge in [0.25, 0.3) is 0 Å². The fourth-order valence-electron chi connectivity index (χ4n) is 0.743. The van der Waals surface area contributed by atoms with Crippen LogP contribution in [-0.2, 0) is 0 Å². The number of hydrogen-bond acceptors (Lipinski definition) is 0. The first kappa shape index (κ1) is 9.30. The van der Waals surface area contributed by atoms with E-state index < -0.39 is 0 Å². The van der Waals surface area contributed by atoms with E-state index in [0.717, 1.165) is 0 Å². The van der Waals surface area contributed by atoms with Gasteiger partial charge in [-0.05, 0) is 20.3 Å². The molecule has 0 amide bonds. The SMILES string of the molecule is CC#CC(C)C=CCCC. The van der Waals surface area contributed by atoms with Crippen LogP contribution in [0.4, 0.5) is 0 Å². The third kappa shape index (κ3) is 5.44. The molecule has 1 atom stereocenters. The molecule has 0 saturated heterocycles. The second kappa shape index (κ2) is 6.42. The first-order valence-corrected chi connectivity index (χ1v) is 3.90. The van der Waals surface area contributed by atoms with Crippen molar-refractivity contribution in [1.82, 2.24) is 0 Å². The van der Waals surface area contributed by atoms with E-state index in [4.69, 9.17) is 0 Å². The molecule has 0 heterocycles. The zero-order valence-corrected chi connectivity index (χ0v) is 7.15. The summed E-state index contributed by atoms with van der Waals surface area (Å²) < 4.78 is 0. The molecule has 0 rings (SSSR count). The zero-order chi connectivity index (χ0) is 7.82. The maximum Gasteiger partial charge on any atom is 0.0354 e. The molecule has 0 heteroatoms. The third-order valence-electron chi connectivity index (χ3n) is 1.25. The summed E-state index contributed by atoms with van der Waals surface area (Å²) in [5.74, 6) is 6.39. The fraction of sp³-hybridized carbons (Fsp3) is 0.600. The lowest BCUT2D eigenvalue weighted by Gasteiger charge is -1.91. The van der Waals surface area contributed by atoms with Crippen LogP contribution in [0, 0.1) is 17.8 Å². The highest BCUT2D eigenvalue weighted by atomic mass is 13.9. The number of allylic oxidation sites excluding steroid dienone is 2. The summed E-state index contributed by atoms with van der Waals surface area (Å²) >= 11 is 0. The van der Waals surface area contributed by atoms with E-state index in [9.17, 15) is 0 Å². The Morgan fingerprint density at radius 3 is 2.70 bits per heavy atom. The molecule has 0 aromatic rings. The second-order valence-electron chi connectivity index (χ2n) is 2.40. The van der Waals surface area contributed by atoms with E-state index in [2.05, 4.69) is 37.8 Å². The van der Waals surface area contributed by atoms with Crippen LogP contribution in [0.1, 0.15) is 33.6 Å². The Morgan fingerprint density at radius 2 is 2.20 bits per heavy atom. The van der Waals surface area contributed by atoms with Crippen molar-refractivity contribution in [2.24, 2.45) is 5.92 Å². The highest BCUT2D eigenvalue weighted by Gasteiger charge is 1.85. The molecular weight excluding hydrogens is 120 g/mol. The van der Waals surface area contributed by atoms with Crippen molar-refractivity contribution in [3.63, 3.8) is 0 Å². The van der Waals surface area contributed by atoms with Gasteiger partial charge in [-0.1, -0.05) is 31.4 Å². The van der Waals surface area contributed by atoms with Crippen molar-refractivity contribution in [2.75, 3.05) is 0 Å². The van der Waals surface area contributed by atoms with Gasteiger partial charge in [-0.25, -0.2) is 0 Å². The predicted octanol–water partition coefficient (Wildman–Crippen LogP) is 3.00. The maximum absolute atomic E-state index is 3.07. The Kier molecular flexibility index (Phi) is 5.97. The predicted molar refractivity (Wildman–Crippen MR) is 46.7 cm³/mol. The molecule has 0 aliphatic heterocycles. The Hall–Kier alpha value is -0.700. The van der Waals surface area contributed by atoms with E-state index in [0.29, 0.717) is 5.92 Å². The van der Waals surface area contributed by atoms with Gasteiger partial charge in [0.1, 0.15) is 0 Å². The number of hydrogen-bond donors (Lipinski definition) is 0. The molecule has 0 nitrogen and oxygen atoms in total. The lowest BCUT2D eigenvalue weighted by molar-refractivity contribution is 0.921. The molecule has 0 N–H and O–H groups in total. The van der Waals surface area contributed by atoms with Gasteiger partial charge in [0.05, 0.1) is 0 Å². The quantitative estimate of drug-likeness (QED) is 0.413. The van der Waals surface area contributed by atoms with Crippen LogP contribution in [0.15, 0.2) is 12.2 Å². The van der Waals surface area contributed by atoms with Crippen molar-refractivity contribution < 1.29 is 0 Å². The topological polar surface area (TPSA) is 0 Å². The lowest BCUT2D eigenvalue weighted by Crippen LogP contribution is -1.81. The van der Waals surface area contributed by atoms with Crippen LogP contribution < -0.4 is 0 Å². The zero-order valence-electron chi connectivity index (χ0n) is 7.15. The third-order valence-corrected chi connectivity index (χ3v) is 1.25. The van der Waals surface area contributed by atoms with Gasteiger partial charge in [0, 0.05) is 5.92 Å².